The number of benzene rings is 1. The van der Waals surface area contributed by atoms with Crippen molar-refractivity contribution in [2.45, 2.75) is 19.0 Å². The summed E-state index contributed by atoms with van der Waals surface area (Å²) in [5, 5.41) is 6.71. The topological polar surface area (TPSA) is 67.2 Å². The largest absolute Gasteiger partial charge is 0.416 e. The van der Waals surface area contributed by atoms with Crippen LogP contribution >= 0.6 is 0 Å². The Hall–Kier alpha value is -2.68. The van der Waals surface area contributed by atoms with Crippen LogP contribution in [0.1, 0.15) is 28.8 Å². The minimum absolute atomic E-state index is 0.0569. The van der Waals surface area contributed by atoms with E-state index >= 15 is 0 Å². The van der Waals surface area contributed by atoms with Gasteiger partial charge in [0.2, 0.25) is 5.91 Å². The average molecular weight is 394 g/mol. The summed E-state index contributed by atoms with van der Waals surface area (Å²) in [7, 11) is 1.74. The molecule has 0 saturated carbocycles. The number of anilines is 1. The summed E-state index contributed by atoms with van der Waals surface area (Å²) in [5.41, 5.74) is -0.190. The van der Waals surface area contributed by atoms with Crippen LogP contribution in [0.25, 0.3) is 0 Å². The standard InChI is InChI=1S/C19H21F3N4O2/c1-25-11-16(9-23-25)24-17(27)12-26-7-3-5-14(10-26)18(28)13-4-2-6-15(8-13)19(20,21)22/h2,4,6,8-9,11,14H,3,5,7,10,12H2,1H3,(H,24,27). The highest BCUT2D eigenvalue weighted by Gasteiger charge is 2.32. The number of nitrogens with zero attached hydrogens (tertiary/aromatic N) is 3. The zero-order valence-electron chi connectivity index (χ0n) is 15.4. The van der Waals surface area contributed by atoms with E-state index in [2.05, 4.69) is 10.4 Å². The second kappa shape index (κ2) is 8.14. The van der Waals surface area contributed by atoms with E-state index in [9.17, 15) is 22.8 Å². The van der Waals surface area contributed by atoms with Crippen molar-refractivity contribution < 1.29 is 22.8 Å². The highest BCUT2D eigenvalue weighted by atomic mass is 19.4. The first-order valence-electron chi connectivity index (χ1n) is 8.94. The number of nitrogens with one attached hydrogen (secondary N) is 1. The number of Topliss-reactive ketones (excluding diaryl/α,β-unsaturated/α-hetero) is 1. The highest BCUT2D eigenvalue weighted by molar-refractivity contribution is 5.98. The van der Waals surface area contributed by atoms with Crippen LogP contribution in [0, 0.1) is 5.92 Å². The molecule has 0 bridgehead atoms. The molecule has 1 aromatic carbocycles. The number of carbonyl (C=O) groups excluding carboxylic acids is 2. The highest BCUT2D eigenvalue weighted by Crippen LogP contribution is 2.30. The molecule has 3 rings (SSSR count). The molecule has 0 aliphatic carbocycles. The van der Waals surface area contributed by atoms with E-state index in [0.717, 1.165) is 12.1 Å². The van der Waals surface area contributed by atoms with Crippen molar-refractivity contribution >= 4 is 17.4 Å². The molecule has 2 aromatic rings. The molecule has 1 amide bonds. The number of halogens is 3. The van der Waals surface area contributed by atoms with Gasteiger partial charge in [-0.15, -0.1) is 0 Å². The van der Waals surface area contributed by atoms with Crippen LogP contribution in [0.15, 0.2) is 36.7 Å². The number of likely N-dealkylation sites (tertiary alicyclic amines) is 1. The first-order chi connectivity index (χ1) is 13.2. The lowest BCUT2D eigenvalue weighted by Crippen LogP contribution is -2.42. The van der Waals surface area contributed by atoms with E-state index in [1.807, 2.05) is 4.90 Å². The van der Waals surface area contributed by atoms with Gasteiger partial charge in [0.05, 0.1) is 24.0 Å². The molecule has 9 heteroatoms. The van der Waals surface area contributed by atoms with Crippen LogP contribution in [-0.2, 0) is 18.0 Å². The van der Waals surface area contributed by atoms with E-state index in [1.165, 1.54) is 18.3 Å². The maximum atomic E-state index is 12.9. The summed E-state index contributed by atoms with van der Waals surface area (Å²) >= 11 is 0. The van der Waals surface area contributed by atoms with E-state index < -0.39 is 17.7 Å². The fourth-order valence-corrected chi connectivity index (χ4v) is 3.39. The maximum Gasteiger partial charge on any atom is 0.416 e. The van der Waals surface area contributed by atoms with Gasteiger partial charge in [-0.1, -0.05) is 12.1 Å². The third kappa shape index (κ3) is 4.98. The summed E-state index contributed by atoms with van der Waals surface area (Å²) in [6.07, 6.45) is 0.0206. The number of hydrogen-bond acceptors (Lipinski definition) is 4. The van der Waals surface area contributed by atoms with Gasteiger partial charge in [0.25, 0.3) is 0 Å². The monoisotopic (exact) mass is 394 g/mol. The Kier molecular flexibility index (Phi) is 5.83. The van der Waals surface area contributed by atoms with Gasteiger partial charge < -0.3 is 5.32 Å². The van der Waals surface area contributed by atoms with E-state index in [0.29, 0.717) is 31.6 Å². The lowest BCUT2D eigenvalue weighted by Gasteiger charge is -2.31. The number of alkyl halides is 3. The maximum absolute atomic E-state index is 12.9. The lowest BCUT2D eigenvalue weighted by atomic mass is 9.89. The first kappa shape index (κ1) is 20.1. The van der Waals surface area contributed by atoms with Crippen LogP contribution in [0.3, 0.4) is 0 Å². The van der Waals surface area contributed by atoms with E-state index in [4.69, 9.17) is 0 Å². The van der Waals surface area contributed by atoms with Gasteiger partial charge in [0.15, 0.2) is 5.78 Å². The molecule has 1 unspecified atom stereocenters. The summed E-state index contributed by atoms with van der Waals surface area (Å²) < 4.78 is 40.2. The molecule has 1 aliphatic heterocycles. The molecular weight excluding hydrogens is 373 g/mol. The Balaban J connectivity index is 1.61. The normalized spacial score (nSPS) is 18.1. The number of carbonyl (C=O) groups is 2. The number of hydrogen-bond donors (Lipinski definition) is 1. The minimum Gasteiger partial charge on any atom is -0.322 e. The van der Waals surface area contributed by atoms with Crippen LogP contribution in [0.5, 0.6) is 0 Å². The number of amides is 1. The van der Waals surface area contributed by atoms with Gasteiger partial charge >= 0.3 is 6.18 Å². The van der Waals surface area contributed by atoms with Crippen molar-refractivity contribution in [2.75, 3.05) is 25.0 Å². The third-order valence-electron chi connectivity index (χ3n) is 4.71. The van der Waals surface area contributed by atoms with Crippen molar-refractivity contribution in [1.29, 1.82) is 0 Å². The molecule has 1 aliphatic rings. The third-order valence-corrected chi connectivity index (χ3v) is 4.71. The van der Waals surface area contributed by atoms with Gasteiger partial charge in [0.1, 0.15) is 0 Å². The molecule has 0 spiro atoms. The second-order valence-corrected chi connectivity index (χ2v) is 6.97. The Morgan fingerprint density at radius 2 is 2.11 bits per heavy atom. The second-order valence-electron chi connectivity index (χ2n) is 6.97. The zero-order chi connectivity index (χ0) is 20.3. The zero-order valence-corrected chi connectivity index (χ0v) is 15.4. The molecular formula is C19H21F3N4O2. The van der Waals surface area contributed by atoms with Crippen molar-refractivity contribution in [3.63, 3.8) is 0 Å². The molecule has 28 heavy (non-hydrogen) atoms. The van der Waals surface area contributed by atoms with E-state index in [-0.39, 0.29) is 23.8 Å². The molecule has 1 atom stereocenters. The lowest BCUT2D eigenvalue weighted by molar-refractivity contribution is -0.137. The molecule has 6 nitrogen and oxygen atoms in total. The molecule has 1 saturated heterocycles. The Labute approximate surface area is 160 Å². The summed E-state index contributed by atoms with van der Waals surface area (Å²) in [6, 6.07) is 4.51. The predicted molar refractivity (Wildman–Crippen MR) is 96.8 cm³/mol. The van der Waals surface area contributed by atoms with Gasteiger partial charge in [-0.2, -0.15) is 18.3 Å². The van der Waals surface area contributed by atoms with Crippen molar-refractivity contribution in [1.82, 2.24) is 14.7 Å². The first-order valence-corrected chi connectivity index (χ1v) is 8.94. The van der Waals surface area contributed by atoms with Gasteiger partial charge in [0, 0.05) is 31.3 Å². The molecule has 150 valence electrons. The molecule has 1 fully saturated rings. The molecule has 1 aromatic heterocycles. The van der Waals surface area contributed by atoms with Crippen LogP contribution in [-0.4, -0.2) is 46.0 Å². The van der Waals surface area contributed by atoms with Crippen LogP contribution in [0.4, 0.5) is 18.9 Å². The van der Waals surface area contributed by atoms with Gasteiger partial charge in [-0.25, -0.2) is 0 Å². The van der Waals surface area contributed by atoms with Crippen molar-refractivity contribution in [3.8, 4) is 0 Å². The van der Waals surface area contributed by atoms with Gasteiger partial charge in [-0.05, 0) is 31.5 Å². The number of ketones is 1. The predicted octanol–water partition coefficient (Wildman–Crippen LogP) is 2.97. The Morgan fingerprint density at radius 1 is 1.32 bits per heavy atom. The molecule has 0 radical (unpaired) electrons. The quantitative estimate of drug-likeness (QED) is 0.792. The summed E-state index contributed by atoms with van der Waals surface area (Å²) in [4.78, 5) is 26.7. The van der Waals surface area contributed by atoms with Gasteiger partial charge in [-0.3, -0.25) is 19.2 Å². The van der Waals surface area contributed by atoms with E-state index in [1.54, 1.807) is 17.9 Å². The summed E-state index contributed by atoms with van der Waals surface area (Å²) in [5.74, 6) is -0.966. The number of piperidine rings is 1. The average Bonchev–Trinajstić information content (AvgIpc) is 3.05. The molecule has 2 heterocycles. The smallest absolute Gasteiger partial charge is 0.322 e. The fraction of sp³-hybridized carbons (Fsp3) is 0.421. The number of aryl methyl sites for hydroxylation is 1. The fourth-order valence-electron chi connectivity index (χ4n) is 3.39. The van der Waals surface area contributed by atoms with Crippen LogP contribution < -0.4 is 5.32 Å². The Morgan fingerprint density at radius 3 is 2.79 bits per heavy atom. The van der Waals surface area contributed by atoms with Crippen molar-refractivity contribution in [2.24, 2.45) is 13.0 Å². The number of rotatable bonds is 5. The SMILES string of the molecule is Cn1cc(NC(=O)CN2CCCC(C(=O)c3cccc(C(F)(F)F)c3)C2)cn1. The number of aromatic nitrogens is 2. The van der Waals surface area contributed by atoms with Crippen molar-refractivity contribution in [3.05, 3.63) is 47.8 Å². The Bertz CT molecular complexity index is 863. The summed E-state index contributed by atoms with van der Waals surface area (Å²) in [6.45, 7) is 1.11. The van der Waals surface area contributed by atoms with Crippen LogP contribution in [0.2, 0.25) is 0 Å². The molecule has 1 N–H and O–H groups in total. The minimum atomic E-state index is -4.49.